The van der Waals surface area contributed by atoms with E-state index in [2.05, 4.69) is 11.0 Å². The van der Waals surface area contributed by atoms with Gasteiger partial charge in [0.2, 0.25) is 12.7 Å². The summed E-state index contributed by atoms with van der Waals surface area (Å²) >= 11 is 1.61. The van der Waals surface area contributed by atoms with E-state index in [1.54, 1.807) is 11.8 Å². The van der Waals surface area contributed by atoms with Crippen LogP contribution in [0.3, 0.4) is 0 Å². The lowest BCUT2D eigenvalue weighted by Crippen LogP contribution is -2.48. The molecule has 0 aromatic heterocycles. The normalized spacial score (nSPS) is 17.5. The molecule has 2 heterocycles. The molecule has 1 amide bonds. The van der Waals surface area contributed by atoms with E-state index in [1.807, 2.05) is 17.0 Å². The second-order valence-corrected chi connectivity index (χ2v) is 6.79. The third-order valence-electron chi connectivity index (χ3n) is 4.06. The van der Waals surface area contributed by atoms with Gasteiger partial charge in [0, 0.05) is 45.0 Å². The Morgan fingerprint density at radius 3 is 2.74 bits per heavy atom. The van der Waals surface area contributed by atoms with Gasteiger partial charge in [0.1, 0.15) is 0 Å². The van der Waals surface area contributed by atoms with Gasteiger partial charge in [-0.1, -0.05) is 6.07 Å². The number of piperazine rings is 1. The lowest BCUT2D eigenvalue weighted by atomic mass is 10.1. The SMILES string of the molecule is NCCSCC(=O)N1CCN(Cc2ccc3c(c2)OCO3)CC1. The Bertz CT molecular complexity index is 547. The Hall–Kier alpha value is -1.44. The van der Waals surface area contributed by atoms with Crippen molar-refractivity contribution in [2.75, 3.05) is 51.0 Å². The Balaban J connectivity index is 1.45. The molecular weight excluding hydrogens is 314 g/mol. The summed E-state index contributed by atoms with van der Waals surface area (Å²) in [7, 11) is 0. The summed E-state index contributed by atoms with van der Waals surface area (Å²) in [6.07, 6.45) is 0. The van der Waals surface area contributed by atoms with Gasteiger partial charge >= 0.3 is 0 Å². The molecule has 3 rings (SSSR count). The van der Waals surface area contributed by atoms with Crippen LogP contribution < -0.4 is 15.2 Å². The highest BCUT2D eigenvalue weighted by molar-refractivity contribution is 7.99. The highest BCUT2D eigenvalue weighted by Gasteiger charge is 2.21. The van der Waals surface area contributed by atoms with Crippen molar-refractivity contribution in [3.8, 4) is 11.5 Å². The van der Waals surface area contributed by atoms with Gasteiger partial charge in [0.25, 0.3) is 0 Å². The lowest BCUT2D eigenvalue weighted by Gasteiger charge is -2.34. The number of nitrogens with two attached hydrogens (primary N) is 1. The number of fused-ring (bicyclic) bond motifs is 1. The molecule has 2 aliphatic heterocycles. The summed E-state index contributed by atoms with van der Waals surface area (Å²) in [5, 5.41) is 0. The Kier molecular flexibility index (Phi) is 5.64. The van der Waals surface area contributed by atoms with Crippen molar-refractivity contribution in [3.63, 3.8) is 0 Å². The second-order valence-electron chi connectivity index (χ2n) is 5.69. The zero-order valence-corrected chi connectivity index (χ0v) is 14.0. The van der Waals surface area contributed by atoms with E-state index < -0.39 is 0 Å². The summed E-state index contributed by atoms with van der Waals surface area (Å²) in [5.41, 5.74) is 6.66. The molecule has 2 aliphatic rings. The Morgan fingerprint density at radius 1 is 1.17 bits per heavy atom. The number of benzene rings is 1. The van der Waals surface area contributed by atoms with Gasteiger partial charge < -0.3 is 20.1 Å². The summed E-state index contributed by atoms with van der Waals surface area (Å²) in [4.78, 5) is 16.4. The third-order valence-corrected chi connectivity index (χ3v) is 5.03. The van der Waals surface area contributed by atoms with E-state index in [-0.39, 0.29) is 5.91 Å². The van der Waals surface area contributed by atoms with Crippen LogP contribution in [0, 0.1) is 0 Å². The molecule has 1 aromatic rings. The van der Waals surface area contributed by atoms with Gasteiger partial charge in [-0.15, -0.1) is 0 Å². The summed E-state index contributed by atoms with van der Waals surface area (Å²) < 4.78 is 10.8. The monoisotopic (exact) mass is 337 g/mol. The maximum Gasteiger partial charge on any atom is 0.232 e. The van der Waals surface area contributed by atoms with Crippen LogP contribution in [0.5, 0.6) is 11.5 Å². The number of carbonyl (C=O) groups is 1. The third kappa shape index (κ3) is 4.31. The zero-order chi connectivity index (χ0) is 16.1. The average Bonchev–Trinajstić information content (AvgIpc) is 3.03. The number of ether oxygens (including phenoxy) is 2. The molecule has 0 radical (unpaired) electrons. The van der Waals surface area contributed by atoms with Crippen molar-refractivity contribution in [2.45, 2.75) is 6.54 Å². The number of carbonyl (C=O) groups excluding carboxylic acids is 1. The first kappa shape index (κ1) is 16.4. The smallest absolute Gasteiger partial charge is 0.232 e. The molecule has 0 atom stereocenters. The minimum absolute atomic E-state index is 0.228. The van der Waals surface area contributed by atoms with Crippen molar-refractivity contribution >= 4 is 17.7 Å². The molecule has 0 saturated carbocycles. The molecule has 0 bridgehead atoms. The van der Waals surface area contributed by atoms with Crippen LogP contribution in [0.15, 0.2) is 18.2 Å². The zero-order valence-electron chi connectivity index (χ0n) is 13.2. The molecule has 126 valence electrons. The van der Waals surface area contributed by atoms with E-state index in [4.69, 9.17) is 15.2 Å². The molecule has 0 spiro atoms. The minimum Gasteiger partial charge on any atom is -0.454 e. The first-order valence-corrected chi connectivity index (χ1v) is 9.08. The number of nitrogens with zero attached hydrogens (tertiary/aromatic N) is 2. The average molecular weight is 337 g/mol. The van der Waals surface area contributed by atoms with Crippen molar-refractivity contribution in [3.05, 3.63) is 23.8 Å². The fraction of sp³-hybridized carbons (Fsp3) is 0.562. The van der Waals surface area contributed by atoms with Crippen LogP contribution in [-0.2, 0) is 11.3 Å². The molecule has 7 heteroatoms. The summed E-state index contributed by atoms with van der Waals surface area (Å²) in [6.45, 7) is 5.21. The molecule has 0 aliphatic carbocycles. The van der Waals surface area contributed by atoms with Crippen LogP contribution in [-0.4, -0.2) is 66.7 Å². The number of hydrogen-bond acceptors (Lipinski definition) is 6. The lowest BCUT2D eigenvalue weighted by molar-refractivity contribution is -0.130. The van der Waals surface area contributed by atoms with E-state index in [0.29, 0.717) is 19.1 Å². The number of rotatable bonds is 6. The van der Waals surface area contributed by atoms with Gasteiger partial charge in [-0.05, 0) is 17.7 Å². The topological polar surface area (TPSA) is 68.0 Å². The summed E-state index contributed by atoms with van der Waals surface area (Å²) in [5.74, 6) is 3.26. The quantitative estimate of drug-likeness (QED) is 0.773. The summed E-state index contributed by atoms with van der Waals surface area (Å²) in [6, 6.07) is 6.09. The highest BCUT2D eigenvalue weighted by Crippen LogP contribution is 2.32. The van der Waals surface area contributed by atoms with Gasteiger partial charge in [0.05, 0.1) is 5.75 Å². The standard InChI is InChI=1S/C16H23N3O3S/c17-3-8-23-11-16(20)19-6-4-18(5-7-19)10-13-1-2-14-15(9-13)22-12-21-14/h1-2,9H,3-8,10-12,17H2. The maximum absolute atomic E-state index is 12.1. The van der Waals surface area contributed by atoms with E-state index in [0.717, 1.165) is 50.0 Å². The fourth-order valence-electron chi connectivity index (χ4n) is 2.79. The van der Waals surface area contributed by atoms with Gasteiger partial charge in [-0.25, -0.2) is 0 Å². The van der Waals surface area contributed by atoms with Crippen molar-refractivity contribution < 1.29 is 14.3 Å². The largest absolute Gasteiger partial charge is 0.454 e. The number of hydrogen-bond donors (Lipinski definition) is 1. The van der Waals surface area contributed by atoms with Crippen LogP contribution in [0.1, 0.15) is 5.56 Å². The Labute approximate surface area is 140 Å². The van der Waals surface area contributed by atoms with Crippen LogP contribution in [0.4, 0.5) is 0 Å². The number of thioether (sulfide) groups is 1. The predicted octanol–water partition coefficient (Wildman–Crippen LogP) is 0.751. The van der Waals surface area contributed by atoms with Gasteiger partial charge in [-0.3, -0.25) is 9.69 Å². The van der Waals surface area contributed by atoms with Crippen molar-refractivity contribution in [2.24, 2.45) is 5.73 Å². The molecule has 1 aromatic carbocycles. The minimum atomic E-state index is 0.228. The fourth-order valence-corrected chi connectivity index (χ4v) is 3.46. The van der Waals surface area contributed by atoms with E-state index in [9.17, 15) is 4.79 Å². The predicted molar refractivity (Wildman–Crippen MR) is 90.8 cm³/mol. The maximum atomic E-state index is 12.1. The molecule has 2 N–H and O–H groups in total. The molecule has 1 fully saturated rings. The second kappa shape index (κ2) is 7.90. The molecule has 0 unspecified atom stereocenters. The van der Waals surface area contributed by atoms with Gasteiger partial charge in [-0.2, -0.15) is 11.8 Å². The molecule has 6 nitrogen and oxygen atoms in total. The Morgan fingerprint density at radius 2 is 1.96 bits per heavy atom. The molecular formula is C16H23N3O3S. The van der Waals surface area contributed by atoms with Crippen molar-refractivity contribution in [1.82, 2.24) is 9.80 Å². The van der Waals surface area contributed by atoms with E-state index in [1.165, 1.54) is 5.56 Å². The van der Waals surface area contributed by atoms with Crippen LogP contribution in [0.2, 0.25) is 0 Å². The van der Waals surface area contributed by atoms with Crippen LogP contribution in [0.25, 0.3) is 0 Å². The first-order valence-electron chi connectivity index (χ1n) is 7.93. The highest BCUT2D eigenvalue weighted by atomic mass is 32.2. The van der Waals surface area contributed by atoms with Crippen LogP contribution >= 0.6 is 11.8 Å². The van der Waals surface area contributed by atoms with Crippen molar-refractivity contribution in [1.29, 1.82) is 0 Å². The first-order chi connectivity index (χ1) is 11.3. The number of amides is 1. The molecule has 23 heavy (non-hydrogen) atoms. The van der Waals surface area contributed by atoms with Gasteiger partial charge in [0.15, 0.2) is 11.5 Å². The van der Waals surface area contributed by atoms with E-state index >= 15 is 0 Å². The molecule has 1 saturated heterocycles.